The third-order valence-corrected chi connectivity index (χ3v) is 3.43. The first-order chi connectivity index (χ1) is 12.2. The van der Waals surface area contributed by atoms with Gasteiger partial charge in [0.2, 0.25) is 5.91 Å². The van der Waals surface area contributed by atoms with E-state index in [0.29, 0.717) is 49.5 Å². The van der Waals surface area contributed by atoms with Crippen molar-refractivity contribution in [1.82, 2.24) is 5.32 Å². The molecule has 7 heteroatoms. The third kappa shape index (κ3) is 7.55. The summed E-state index contributed by atoms with van der Waals surface area (Å²) in [6, 6.07) is 16.1. The van der Waals surface area contributed by atoms with Gasteiger partial charge in [0.15, 0.2) is 0 Å². The molecule has 0 aliphatic heterocycles. The number of amides is 2. The van der Waals surface area contributed by atoms with Crippen molar-refractivity contribution in [2.24, 2.45) is 5.73 Å². The topological polar surface area (TPSA) is 93.4 Å². The minimum absolute atomic E-state index is 0. The highest BCUT2D eigenvalue weighted by molar-refractivity contribution is 5.94. The second kappa shape index (κ2) is 11.9. The van der Waals surface area contributed by atoms with Crippen molar-refractivity contribution in [3.05, 3.63) is 60.2 Å². The Labute approximate surface area is 159 Å². The van der Waals surface area contributed by atoms with Crippen LogP contribution in [-0.4, -0.2) is 31.5 Å². The number of nitrogens with one attached hydrogen (secondary N) is 2. The quantitative estimate of drug-likeness (QED) is 0.585. The maximum atomic E-state index is 11.9. The molecule has 0 aromatic heterocycles. The first-order valence-electron chi connectivity index (χ1n) is 8.25. The predicted molar refractivity (Wildman–Crippen MR) is 105 cm³/mol. The summed E-state index contributed by atoms with van der Waals surface area (Å²) in [5.74, 6) is 0.491. The van der Waals surface area contributed by atoms with Gasteiger partial charge in [0.05, 0.1) is 0 Å². The van der Waals surface area contributed by atoms with Crippen molar-refractivity contribution in [3.63, 3.8) is 0 Å². The molecule has 4 N–H and O–H groups in total. The zero-order valence-corrected chi connectivity index (χ0v) is 15.3. The van der Waals surface area contributed by atoms with Gasteiger partial charge in [-0.3, -0.25) is 9.59 Å². The van der Waals surface area contributed by atoms with Crippen LogP contribution in [0.3, 0.4) is 0 Å². The van der Waals surface area contributed by atoms with E-state index in [1.807, 2.05) is 18.2 Å². The number of benzene rings is 2. The summed E-state index contributed by atoms with van der Waals surface area (Å²) < 4.78 is 5.38. The van der Waals surface area contributed by atoms with Crippen LogP contribution in [-0.2, 0) is 4.79 Å². The number of halogens is 1. The lowest BCUT2D eigenvalue weighted by Gasteiger charge is -2.08. The monoisotopic (exact) mass is 377 g/mol. The second-order valence-corrected chi connectivity index (χ2v) is 5.44. The van der Waals surface area contributed by atoms with Crippen molar-refractivity contribution in [2.45, 2.75) is 12.8 Å². The summed E-state index contributed by atoms with van der Waals surface area (Å²) in [5.41, 5.74) is 6.70. The highest BCUT2D eigenvalue weighted by Crippen LogP contribution is 2.15. The Bertz CT molecular complexity index is 678. The molecule has 2 rings (SSSR count). The Morgan fingerprint density at radius 3 is 2.35 bits per heavy atom. The molecule has 0 unspecified atom stereocenters. The molecule has 6 nitrogen and oxygen atoms in total. The van der Waals surface area contributed by atoms with Crippen molar-refractivity contribution >= 4 is 29.9 Å². The molecule has 0 fully saturated rings. The SMILES string of the molecule is Cl.NCCOc1ccc(NC(=O)CCCNC(=O)c2ccccc2)cc1. The Hall–Kier alpha value is -2.57. The molecule has 2 aromatic carbocycles. The van der Waals surface area contributed by atoms with Crippen LogP contribution in [0, 0.1) is 0 Å². The Morgan fingerprint density at radius 2 is 1.69 bits per heavy atom. The van der Waals surface area contributed by atoms with Gasteiger partial charge in [0, 0.05) is 30.8 Å². The fourth-order valence-corrected chi connectivity index (χ4v) is 2.18. The van der Waals surface area contributed by atoms with Crippen molar-refractivity contribution in [3.8, 4) is 5.75 Å². The molecule has 0 bridgehead atoms. The molecule has 2 amide bonds. The maximum absolute atomic E-state index is 11.9. The molecule has 0 saturated heterocycles. The van der Waals surface area contributed by atoms with Crippen molar-refractivity contribution in [1.29, 1.82) is 0 Å². The van der Waals surface area contributed by atoms with Crippen molar-refractivity contribution < 1.29 is 14.3 Å². The number of hydrogen-bond acceptors (Lipinski definition) is 4. The second-order valence-electron chi connectivity index (χ2n) is 5.44. The molecule has 0 heterocycles. The molecule has 0 saturated carbocycles. The molecule has 140 valence electrons. The first-order valence-corrected chi connectivity index (χ1v) is 8.25. The van der Waals surface area contributed by atoms with Gasteiger partial charge in [-0.2, -0.15) is 0 Å². The summed E-state index contributed by atoms with van der Waals surface area (Å²) in [6.45, 7) is 1.37. The lowest BCUT2D eigenvalue weighted by atomic mass is 10.2. The van der Waals surface area contributed by atoms with E-state index in [1.165, 1.54) is 0 Å². The molecule has 0 radical (unpaired) electrons. The van der Waals surface area contributed by atoms with Crippen LogP contribution in [0.2, 0.25) is 0 Å². The molecular weight excluding hydrogens is 354 g/mol. The van der Waals surface area contributed by atoms with E-state index in [9.17, 15) is 9.59 Å². The van der Waals surface area contributed by atoms with Gasteiger partial charge in [0.25, 0.3) is 5.91 Å². The van der Waals surface area contributed by atoms with Gasteiger partial charge in [0.1, 0.15) is 12.4 Å². The Kier molecular flexibility index (Phi) is 9.82. The number of rotatable bonds is 9. The van der Waals surface area contributed by atoms with E-state index in [4.69, 9.17) is 10.5 Å². The fourth-order valence-electron chi connectivity index (χ4n) is 2.18. The lowest BCUT2D eigenvalue weighted by Crippen LogP contribution is -2.25. The van der Waals surface area contributed by atoms with E-state index in [2.05, 4.69) is 10.6 Å². The highest BCUT2D eigenvalue weighted by Gasteiger charge is 2.05. The minimum atomic E-state index is -0.130. The largest absolute Gasteiger partial charge is 0.492 e. The van der Waals surface area contributed by atoms with Crippen LogP contribution in [0.25, 0.3) is 0 Å². The number of carbonyl (C=O) groups excluding carboxylic acids is 2. The van der Waals surface area contributed by atoms with Gasteiger partial charge in [-0.1, -0.05) is 18.2 Å². The number of hydrogen-bond donors (Lipinski definition) is 3. The fraction of sp³-hybridized carbons (Fsp3) is 0.263. The summed E-state index contributed by atoms with van der Waals surface area (Å²) in [4.78, 5) is 23.8. The standard InChI is InChI=1S/C19H23N3O3.ClH/c20-12-14-25-17-10-8-16(9-11-17)22-18(23)7-4-13-21-19(24)15-5-2-1-3-6-15;/h1-3,5-6,8-11H,4,7,12-14,20H2,(H,21,24)(H,22,23);1H. The van der Waals surface area contributed by atoms with Crippen LogP contribution < -0.4 is 21.1 Å². The van der Waals surface area contributed by atoms with Crippen LogP contribution in [0.15, 0.2) is 54.6 Å². The molecule has 26 heavy (non-hydrogen) atoms. The van der Waals surface area contributed by atoms with Gasteiger partial charge in [-0.05, 0) is 42.8 Å². The van der Waals surface area contributed by atoms with Gasteiger partial charge < -0.3 is 21.1 Å². The number of anilines is 1. The van der Waals surface area contributed by atoms with Crippen molar-refractivity contribution in [2.75, 3.05) is 25.0 Å². The number of nitrogens with two attached hydrogens (primary N) is 1. The summed E-state index contributed by atoms with van der Waals surface area (Å²) >= 11 is 0. The van der Waals surface area contributed by atoms with Gasteiger partial charge in [-0.15, -0.1) is 12.4 Å². The maximum Gasteiger partial charge on any atom is 0.251 e. The van der Waals surface area contributed by atoms with Gasteiger partial charge >= 0.3 is 0 Å². The van der Waals surface area contributed by atoms with Crippen LogP contribution in [0.5, 0.6) is 5.75 Å². The molecule has 0 spiro atoms. The zero-order chi connectivity index (χ0) is 17.9. The van der Waals surface area contributed by atoms with E-state index in [-0.39, 0.29) is 24.2 Å². The normalized spacial score (nSPS) is 9.73. The molecular formula is C19H24ClN3O3. The molecule has 0 atom stereocenters. The third-order valence-electron chi connectivity index (χ3n) is 3.43. The Morgan fingerprint density at radius 1 is 1.00 bits per heavy atom. The van der Waals surface area contributed by atoms with Crippen LogP contribution in [0.1, 0.15) is 23.2 Å². The van der Waals surface area contributed by atoms with E-state index in [0.717, 1.165) is 0 Å². The smallest absolute Gasteiger partial charge is 0.251 e. The zero-order valence-electron chi connectivity index (χ0n) is 14.4. The molecule has 2 aromatic rings. The van der Waals surface area contributed by atoms with Crippen LogP contribution in [0.4, 0.5) is 5.69 Å². The summed E-state index contributed by atoms with van der Waals surface area (Å²) in [5, 5.41) is 5.61. The average Bonchev–Trinajstić information content (AvgIpc) is 2.65. The Balaban J connectivity index is 0.00000338. The number of carbonyl (C=O) groups is 2. The average molecular weight is 378 g/mol. The summed E-state index contributed by atoms with van der Waals surface area (Å²) in [6.07, 6.45) is 0.905. The lowest BCUT2D eigenvalue weighted by molar-refractivity contribution is -0.116. The first kappa shape index (κ1) is 21.5. The number of ether oxygens (including phenoxy) is 1. The highest BCUT2D eigenvalue weighted by atomic mass is 35.5. The van der Waals surface area contributed by atoms with E-state index in [1.54, 1.807) is 36.4 Å². The predicted octanol–water partition coefficient (Wildman–Crippen LogP) is 2.59. The van der Waals surface area contributed by atoms with Gasteiger partial charge in [-0.25, -0.2) is 0 Å². The van der Waals surface area contributed by atoms with E-state index < -0.39 is 0 Å². The minimum Gasteiger partial charge on any atom is -0.492 e. The van der Waals surface area contributed by atoms with Crippen LogP contribution >= 0.6 is 12.4 Å². The summed E-state index contributed by atoms with van der Waals surface area (Å²) in [7, 11) is 0. The van der Waals surface area contributed by atoms with E-state index >= 15 is 0 Å². The molecule has 0 aliphatic rings. The molecule has 0 aliphatic carbocycles.